The third kappa shape index (κ3) is 2.64. The molecule has 6 heteroatoms. The summed E-state index contributed by atoms with van der Waals surface area (Å²) >= 11 is 0. The first-order chi connectivity index (χ1) is 10.7. The molecule has 0 unspecified atom stereocenters. The summed E-state index contributed by atoms with van der Waals surface area (Å²) in [6.07, 6.45) is 6.39. The van der Waals surface area contributed by atoms with Gasteiger partial charge in [0, 0.05) is 30.5 Å². The van der Waals surface area contributed by atoms with Gasteiger partial charge in [-0.05, 0) is 38.5 Å². The molecule has 0 N–H and O–H groups in total. The van der Waals surface area contributed by atoms with Crippen molar-refractivity contribution in [2.45, 2.75) is 33.2 Å². The summed E-state index contributed by atoms with van der Waals surface area (Å²) in [5, 5.41) is 8.47. The molecule has 3 heterocycles. The zero-order chi connectivity index (χ0) is 15.5. The number of fused-ring (bicyclic) bond motifs is 1. The van der Waals surface area contributed by atoms with Crippen LogP contribution >= 0.6 is 0 Å². The third-order valence-electron chi connectivity index (χ3n) is 3.57. The fourth-order valence-corrected chi connectivity index (χ4v) is 2.50. The fourth-order valence-electron chi connectivity index (χ4n) is 2.50. The van der Waals surface area contributed by atoms with Crippen LogP contribution in [0, 0.1) is 0 Å². The van der Waals surface area contributed by atoms with Crippen LogP contribution in [-0.2, 0) is 0 Å². The molecule has 0 aromatic carbocycles. The molecule has 3 rings (SSSR count). The van der Waals surface area contributed by atoms with E-state index in [1.165, 1.54) is 0 Å². The number of hydrogen-bond donors (Lipinski definition) is 0. The van der Waals surface area contributed by atoms with Crippen LogP contribution in [-0.4, -0.2) is 37.4 Å². The van der Waals surface area contributed by atoms with Crippen molar-refractivity contribution >= 4 is 11.5 Å². The average molecular weight is 296 g/mol. The van der Waals surface area contributed by atoms with E-state index in [0.29, 0.717) is 6.04 Å². The highest BCUT2D eigenvalue weighted by Gasteiger charge is 2.15. The van der Waals surface area contributed by atoms with E-state index >= 15 is 0 Å². The summed E-state index contributed by atoms with van der Waals surface area (Å²) < 4.78 is 1.61. The SMILES string of the molecule is CCCN(c1nccc(-c2cnn3ncccc23)n1)C(C)C. The molecular formula is C16H20N6. The Balaban J connectivity index is 2.04. The molecule has 0 aliphatic rings. The molecule has 0 aliphatic heterocycles. The van der Waals surface area contributed by atoms with Crippen LogP contribution in [0.25, 0.3) is 16.8 Å². The predicted octanol–water partition coefficient (Wildman–Crippen LogP) is 2.81. The first-order valence-electron chi connectivity index (χ1n) is 7.59. The molecule has 22 heavy (non-hydrogen) atoms. The van der Waals surface area contributed by atoms with Crippen LogP contribution in [0.3, 0.4) is 0 Å². The lowest BCUT2D eigenvalue weighted by molar-refractivity contribution is 0.652. The van der Waals surface area contributed by atoms with Gasteiger partial charge in [-0.2, -0.15) is 14.8 Å². The van der Waals surface area contributed by atoms with Crippen molar-refractivity contribution < 1.29 is 0 Å². The van der Waals surface area contributed by atoms with Gasteiger partial charge in [0.05, 0.1) is 17.4 Å². The Kier molecular flexibility index (Phi) is 4.00. The van der Waals surface area contributed by atoms with Crippen molar-refractivity contribution in [2.75, 3.05) is 11.4 Å². The zero-order valence-electron chi connectivity index (χ0n) is 13.1. The number of aromatic nitrogens is 5. The van der Waals surface area contributed by atoms with Gasteiger partial charge in [0.25, 0.3) is 0 Å². The number of rotatable bonds is 5. The van der Waals surface area contributed by atoms with Crippen LogP contribution < -0.4 is 4.90 Å². The topological polar surface area (TPSA) is 59.2 Å². The van der Waals surface area contributed by atoms with Gasteiger partial charge in [0.1, 0.15) is 0 Å². The van der Waals surface area contributed by atoms with Crippen molar-refractivity contribution in [1.29, 1.82) is 0 Å². The number of hydrogen-bond acceptors (Lipinski definition) is 5. The van der Waals surface area contributed by atoms with Gasteiger partial charge in [-0.3, -0.25) is 0 Å². The van der Waals surface area contributed by atoms with Gasteiger partial charge in [0.2, 0.25) is 5.95 Å². The Hall–Kier alpha value is -2.50. The maximum Gasteiger partial charge on any atom is 0.226 e. The second-order valence-electron chi connectivity index (χ2n) is 5.49. The van der Waals surface area contributed by atoms with Gasteiger partial charge in [-0.15, -0.1) is 0 Å². The number of anilines is 1. The van der Waals surface area contributed by atoms with E-state index in [0.717, 1.165) is 35.7 Å². The van der Waals surface area contributed by atoms with Crippen molar-refractivity contribution in [1.82, 2.24) is 24.8 Å². The first kappa shape index (κ1) is 14.4. The predicted molar refractivity (Wildman–Crippen MR) is 86.8 cm³/mol. The molecule has 114 valence electrons. The van der Waals surface area contributed by atoms with Crippen LogP contribution in [0.4, 0.5) is 5.95 Å². The third-order valence-corrected chi connectivity index (χ3v) is 3.57. The van der Waals surface area contributed by atoms with Gasteiger partial charge in [-0.1, -0.05) is 6.92 Å². The summed E-state index contributed by atoms with van der Waals surface area (Å²) in [6, 6.07) is 6.17. The molecule has 3 aromatic heterocycles. The van der Waals surface area contributed by atoms with E-state index in [9.17, 15) is 0 Å². The van der Waals surface area contributed by atoms with Crippen LogP contribution in [0.2, 0.25) is 0 Å². The Morgan fingerprint density at radius 2 is 2.05 bits per heavy atom. The van der Waals surface area contributed by atoms with Gasteiger partial charge < -0.3 is 4.90 Å². The van der Waals surface area contributed by atoms with E-state index in [1.807, 2.05) is 24.4 Å². The fraction of sp³-hybridized carbons (Fsp3) is 0.375. The Morgan fingerprint density at radius 1 is 1.18 bits per heavy atom. The Labute approximate surface area is 129 Å². The standard InChI is InChI=1S/C16H20N6/c1-4-10-21(12(2)3)16-17-9-7-14(20-16)13-11-19-22-15(13)6-5-8-18-22/h5-9,11-12H,4,10H2,1-3H3. The normalized spacial score (nSPS) is 11.3. The van der Waals surface area contributed by atoms with Crippen molar-refractivity contribution in [2.24, 2.45) is 0 Å². The molecule has 0 saturated carbocycles. The summed E-state index contributed by atoms with van der Waals surface area (Å²) in [5.74, 6) is 0.762. The highest BCUT2D eigenvalue weighted by Crippen LogP contribution is 2.23. The zero-order valence-corrected chi connectivity index (χ0v) is 13.1. The Morgan fingerprint density at radius 3 is 2.82 bits per heavy atom. The first-order valence-corrected chi connectivity index (χ1v) is 7.59. The second-order valence-corrected chi connectivity index (χ2v) is 5.49. The quantitative estimate of drug-likeness (QED) is 0.724. The minimum Gasteiger partial charge on any atom is -0.338 e. The summed E-state index contributed by atoms with van der Waals surface area (Å²) in [4.78, 5) is 11.4. The summed E-state index contributed by atoms with van der Waals surface area (Å²) in [7, 11) is 0. The molecule has 0 radical (unpaired) electrons. The lowest BCUT2D eigenvalue weighted by Crippen LogP contribution is -2.33. The average Bonchev–Trinajstić information content (AvgIpc) is 2.96. The van der Waals surface area contributed by atoms with Crippen molar-refractivity contribution in [3.63, 3.8) is 0 Å². The highest BCUT2D eigenvalue weighted by molar-refractivity contribution is 5.77. The van der Waals surface area contributed by atoms with E-state index in [1.54, 1.807) is 17.0 Å². The maximum absolute atomic E-state index is 4.74. The summed E-state index contributed by atoms with van der Waals surface area (Å²) in [5.41, 5.74) is 2.78. The van der Waals surface area contributed by atoms with Crippen LogP contribution in [0.1, 0.15) is 27.2 Å². The lowest BCUT2D eigenvalue weighted by Gasteiger charge is -2.26. The van der Waals surface area contributed by atoms with Gasteiger partial charge in [0.15, 0.2) is 0 Å². The molecule has 0 spiro atoms. The van der Waals surface area contributed by atoms with Gasteiger partial charge in [-0.25, -0.2) is 9.97 Å². The van der Waals surface area contributed by atoms with E-state index in [4.69, 9.17) is 4.98 Å². The van der Waals surface area contributed by atoms with E-state index in [2.05, 4.69) is 40.9 Å². The van der Waals surface area contributed by atoms with Crippen LogP contribution in [0.5, 0.6) is 0 Å². The highest BCUT2D eigenvalue weighted by atomic mass is 15.4. The minimum atomic E-state index is 0.362. The molecule has 6 nitrogen and oxygen atoms in total. The molecule has 0 bridgehead atoms. The molecule has 0 amide bonds. The van der Waals surface area contributed by atoms with Gasteiger partial charge >= 0.3 is 0 Å². The molecule has 0 fully saturated rings. The van der Waals surface area contributed by atoms with E-state index < -0.39 is 0 Å². The monoisotopic (exact) mass is 296 g/mol. The lowest BCUT2D eigenvalue weighted by atomic mass is 10.2. The van der Waals surface area contributed by atoms with Crippen molar-refractivity contribution in [3.05, 3.63) is 36.8 Å². The van der Waals surface area contributed by atoms with E-state index in [-0.39, 0.29) is 0 Å². The van der Waals surface area contributed by atoms with Crippen molar-refractivity contribution in [3.8, 4) is 11.3 Å². The number of nitrogens with zero attached hydrogens (tertiary/aromatic N) is 6. The second kappa shape index (κ2) is 6.09. The molecular weight excluding hydrogens is 276 g/mol. The molecule has 3 aromatic rings. The largest absolute Gasteiger partial charge is 0.338 e. The Bertz CT molecular complexity index is 764. The maximum atomic E-state index is 4.74. The summed E-state index contributed by atoms with van der Waals surface area (Å²) in [6.45, 7) is 7.42. The molecule has 0 saturated heterocycles. The molecule has 0 atom stereocenters. The minimum absolute atomic E-state index is 0.362. The van der Waals surface area contributed by atoms with Crippen LogP contribution in [0.15, 0.2) is 36.8 Å². The smallest absolute Gasteiger partial charge is 0.226 e. The molecule has 0 aliphatic carbocycles.